The zero-order chi connectivity index (χ0) is 13.3. The SMILES string of the molecule is CC(CNC1CC1)C(O)(c1ccsc1)c1ccsc1. The van der Waals surface area contributed by atoms with Gasteiger partial charge in [0.1, 0.15) is 5.60 Å². The average molecular weight is 293 g/mol. The summed E-state index contributed by atoms with van der Waals surface area (Å²) in [5.41, 5.74) is 1.16. The maximum Gasteiger partial charge on any atom is 0.120 e. The summed E-state index contributed by atoms with van der Waals surface area (Å²) in [4.78, 5) is 0. The first-order chi connectivity index (χ1) is 9.21. The maximum atomic E-state index is 11.3. The van der Waals surface area contributed by atoms with Gasteiger partial charge in [-0.25, -0.2) is 0 Å². The smallest absolute Gasteiger partial charge is 0.120 e. The predicted octanol–water partition coefficient (Wildman–Crippen LogP) is 3.43. The molecule has 1 saturated carbocycles. The van der Waals surface area contributed by atoms with Gasteiger partial charge in [0.15, 0.2) is 0 Å². The first-order valence-corrected chi connectivity index (χ1v) is 8.61. The van der Waals surface area contributed by atoms with Crippen molar-refractivity contribution in [3.8, 4) is 0 Å². The third-order valence-corrected chi connectivity index (χ3v) is 5.29. The standard InChI is InChI=1S/C15H19NOS2/c1-11(8-16-14-2-3-14)15(17,12-4-6-18-9-12)13-5-7-19-10-13/h4-7,9-11,14,16-17H,2-3,8H2,1H3. The van der Waals surface area contributed by atoms with Crippen molar-refractivity contribution in [2.24, 2.45) is 5.92 Å². The predicted molar refractivity (Wildman–Crippen MR) is 81.8 cm³/mol. The molecule has 1 aliphatic carbocycles. The molecule has 1 atom stereocenters. The van der Waals surface area contributed by atoms with E-state index in [0.717, 1.165) is 17.7 Å². The van der Waals surface area contributed by atoms with Crippen molar-refractivity contribution in [3.05, 3.63) is 44.8 Å². The van der Waals surface area contributed by atoms with Crippen LogP contribution in [0.25, 0.3) is 0 Å². The fourth-order valence-electron chi connectivity index (χ4n) is 2.48. The molecule has 4 heteroatoms. The van der Waals surface area contributed by atoms with Crippen LogP contribution >= 0.6 is 22.7 Å². The van der Waals surface area contributed by atoms with Gasteiger partial charge < -0.3 is 10.4 Å². The van der Waals surface area contributed by atoms with Gasteiger partial charge in [0, 0.05) is 18.5 Å². The van der Waals surface area contributed by atoms with E-state index in [1.807, 2.05) is 22.9 Å². The molecule has 1 unspecified atom stereocenters. The minimum absolute atomic E-state index is 0.150. The van der Waals surface area contributed by atoms with Gasteiger partial charge in [-0.05, 0) is 57.6 Å². The summed E-state index contributed by atoms with van der Waals surface area (Å²) < 4.78 is 0. The summed E-state index contributed by atoms with van der Waals surface area (Å²) in [6, 6.07) is 4.75. The van der Waals surface area contributed by atoms with Crippen molar-refractivity contribution < 1.29 is 5.11 Å². The van der Waals surface area contributed by atoms with Crippen LogP contribution in [0.1, 0.15) is 30.9 Å². The summed E-state index contributed by atoms with van der Waals surface area (Å²) in [6.45, 7) is 2.98. The maximum absolute atomic E-state index is 11.3. The summed E-state index contributed by atoms with van der Waals surface area (Å²) in [5, 5.41) is 23.0. The van der Waals surface area contributed by atoms with Crippen LogP contribution in [0.15, 0.2) is 33.7 Å². The Hall–Kier alpha value is -0.680. The molecule has 0 radical (unpaired) electrons. The minimum atomic E-state index is -0.873. The van der Waals surface area contributed by atoms with Crippen LogP contribution in [0, 0.1) is 5.92 Å². The highest BCUT2D eigenvalue weighted by atomic mass is 32.1. The molecule has 0 aromatic carbocycles. The Morgan fingerprint density at radius 1 is 1.26 bits per heavy atom. The van der Waals surface area contributed by atoms with Crippen molar-refractivity contribution in [1.82, 2.24) is 5.32 Å². The zero-order valence-corrected chi connectivity index (χ0v) is 12.6. The molecule has 0 saturated heterocycles. The van der Waals surface area contributed by atoms with Crippen LogP contribution in [-0.2, 0) is 5.60 Å². The largest absolute Gasteiger partial charge is 0.380 e. The number of thiophene rings is 2. The molecule has 0 bridgehead atoms. The quantitative estimate of drug-likeness (QED) is 0.855. The zero-order valence-electron chi connectivity index (χ0n) is 11.0. The second-order valence-electron chi connectivity index (χ2n) is 5.37. The Morgan fingerprint density at radius 3 is 2.26 bits per heavy atom. The molecular formula is C15H19NOS2. The molecular weight excluding hydrogens is 274 g/mol. The van der Waals surface area contributed by atoms with Crippen LogP contribution in [0.4, 0.5) is 0 Å². The lowest BCUT2D eigenvalue weighted by atomic mass is 9.79. The lowest BCUT2D eigenvalue weighted by molar-refractivity contribution is 0.0248. The second kappa shape index (κ2) is 5.37. The van der Waals surface area contributed by atoms with E-state index in [2.05, 4.69) is 23.0 Å². The molecule has 1 fully saturated rings. The highest BCUT2D eigenvalue weighted by Gasteiger charge is 2.38. The van der Waals surface area contributed by atoms with Crippen molar-refractivity contribution in [2.75, 3.05) is 6.54 Å². The van der Waals surface area contributed by atoms with E-state index in [9.17, 15) is 5.11 Å². The monoisotopic (exact) mass is 293 g/mol. The van der Waals surface area contributed by atoms with Gasteiger partial charge in [-0.1, -0.05) is 6.92 Å². The molecule has 2 aromatic heterocycles. The molecule has 0 aliphatic heterocycles. The van der Waals surface area contributed by atoms with Crippen LogP contribution in [0.5, 0.6) is 0 Å². The average Bonchev–Trinajstić information content (AvgIpc) is 2.90. The molecule has 2 aromatic rings. The number of hydrogen-bond acceptors (Lipinski definition) is 4. The van der Waals surface area contributed by atoms with Crippen molar-refractivity contribution in [1.29, 1.82) is 0 Å². The molecule has 0 amide bonds. The van der Waals surface area contributed by atoms with E-state index >= 15 is 0 Å². The summed E-state index contributed by atoms with van der Waals surface area (Å²) in [7, 11) is 0. The highest BCUT2D eigenvalue weighted by Crippen LogP contribution is 2.39. The number of aliphatic hydroxyl groups is 1. The van der Waals surface area contributed by atoms with Crippen LogP contribution in [0.3, 0.4) is 0 Å². The van der Waals surface area contributed by atoms with Gasteiger partial charge >= 0.3 is 0 Å². The molecule has 3 rings (SSSR count). The van der Waals surface area contributed by atoms with E-state index in [0.29, 0.717) is 6.04 Å². The van der Waals surface area contributed by atoms with Crippen molar-refractivity contribution in [3.63, 3.8) is 0 Å². The third kappa shape index (κ3) is 2.63. The van der Waals surface area contributed by atoms with Crippen molar-refractivity contribution >= 4 is 22.7 Å². The summed E-state index contributed by atoms with van der Waals surface area (Å²) in [5.74, 6) is 0.150. The molecule has 2 nitrogen and oxygen atoms in total. The molecule has 2 N–H and O–H groups in total. The number of hydrogen-bond donors (Lipinski definition) is 2. The number of nitrogens with one attached hydrogen (secondary N) is 1. The highest BCUT2D eigenvalue weighted by molar-refractivity contribution is 7.08. The Balaban J connectivity index is 1.87. The fraction of sp³-hybridized carbons (Fsp3) is 0.467. The topological polar surface area (TPSA) is 32.3 Å². The summed E-state index contributed by atoms with van der Waals surface area (Å²) >= 11 is 3.28. The Bertz CT molecular complexity index is 468. The van der Waals surface area contributed by atoms with Gasteiger partial charge in [-0.15, -0.1) is 0 Å². The van der Waals surface area contributed by atoms with Gasteiger partial charge in [-0.2, -0.15) is 22.7 Å². The minimum Gasteiger partial charge on any atom is -0.380 e. The van der Waals surface area contributed by atoms with Gasteiger partial charge in [0.2, 0.25) is 0 Å². The molecule has 2 heterocycles. The van der Waals surface area contributed by atoms with Gasteiger partial charge in [0.05, 0.1) is 0 Å². The van der Waals surface area contributed by atoms with Crippen LogP contribution in [0.2, 0.25) is 0 Å². The first-order valence-electron chi connectivity index (χ1n) is 6.72. The Kier molecular flexibility index (Phi) is 3.76. The van der Waals surface area contributed by atoms with Crippen LogP contribution in [-0.4, -0.2) is 17.7 Å². The van der Waals surface area contributed by atoms with Crippen molar-refractivity contribution in [2.45, 2.75) is 31.4 Å². The molecule has 0 spiro atoms. The fourth-order valence-corrected chi connectivity index (χ4v) is 3.89. The van der Waals surface area contributed by atoms with E-state index in [4.69, 9.17) is 0 Å². The number of rotatable bonds is 6. The molecule has 19 heavy (non-hydrogen) atoms. The Morgan fingerprint density at radius 2 is 1.84 bits per heavy atom. The lowest BCUT2D eigenvalue weighted by Crippen LogP contribution is -2.40. The molecule has 1 aliphatic rings. The lowest BCUT2D eigenvalue weighted by Gasteiger charge is -2.34. The molecule has 102 valence electrons. The van der Waals surface area contributed by atoms with E-state index in [1.54, 1.807) is 22.7 Å². The van der Waals surface area contributed by atoms with Gasteiger partial charge in [-0.3, -0.25) is 0 Å². The van der Waals surface area contributed by atoms with Gasteiger partial charge in [0.25, 0.3) is 0 Å². The van der Waals surface area contributed by atoms with Crippen LogP contribution < -0.4 is 5.32 Å². The second-order valence-corrected chi connectivity index (χ2v) is 6.93. The van der Waals surface area contributed by atoms with E-state index < -0.39 is 5.60 Å². The summed E-state index contributed by atoms with van der Waals surface area (Å²) in [6.07, 6.45) is 2.56. The van der Waals surface area contributed by atoms with E-state index in [-0.39, 0.29) is 5.92 Å². The Labute approximate surface area is 122 Å². The van der Waals surface area contributed by atoms with E-state index in [1.165, 1.54) is 12.8 Å². The first kappa shape index (κ1) is 13.3. The normalized spacial score (nSPS) is 17.6. The third-order valence-electron chi connectivity index (χ3n) is 3.93.